The van der Waals surface area contributed by atoms with Crippen LogP contribution in [0.25, 0.3) is 12.2 Å². The molecule has 0 aliphatic rings. The van der Waals surface area contributed by atoms with Gasteiger partial charge in [-0.25, -0.2) is 0 Å². The van der Waals surface area contributed by atoms with Gasteiger partial charge in [0.1, 0.15) is 0 Å². The first-order valence-corrected chi connectivity index (χ1v) is 7.21. The Bertz CT molecular complexity index is 717. The summed E-state index contributed by atoms with van der Waals surface area (Å²) in [6.45, 7) is 2.00. The van der Waals surface area contributed by atoms with Crippen LogP contribution >= 0.6 is 0 Å². The Morgan fingerprint density at radius 2 is 1.22 bits per heavy atom. The fourth-order valence-electron chi connectivity index (χ4n) is 1.79. The predicted molar refractivity (Wildman–Crippen MR) is 92.0 cm³/mol. The quantitative estimate of drug-likeness (QED) is 0.674. The highest BCUT2D eigenvalue weighted by molar-refractivity contribution is 5.96. The number of hydrogen-bond acceptors (Lipinski definition) is 2. The van der Waals surface area contributed by atoms with Gasteiger partial charge >= 0.3 is 0 Å². The van der Waals surface area contributed by atoms with Crippen molar-refractivity contribution in [3.63, 3.8) is 0 Å². The summed E-state index contributed by atoms with van der Waals surface area (Å²) in [5.74, 6) is -0.794. The molecule has 2 aromatic carbocycles. The summed E-state index contributed by atoms with van der Waals surface area (Å²) in [6, 6.07) is 17.2. The minimum Gasteiger partial charge on any atom is -0.268 e. The lowest BCUT2D eigenvalue weighted by Gasteiger charge is -2.01. The molecular weight excluding hydrogens is 288 g/mol. The Labute approximate surface area is 135 Å². The van der Waals surface area contributed by atoms with Crippen LogP contribution in [0.1, 0.15) is 16.7 Å². The number of amides is 2. The lowest BCUT2D eigenvalue weighted by Crippen LogP contribution is -2.39. The molecule has 0 aliphatic heterocycles. The lowest BCUT2D eigenvalue weighted by atomic mass is 10.1. The van der Waals surface area contributed by atoms with E-state index in [0.717, 1.165) is 16.7 Å². The number of aryl methyl sites for hydroxylation is 1. The van der Waals surface area contributed by atoms with Crippen LogP contribution in [0.15, 0.2) is 66.7 Å². The molecule has 2 aromatic rings. The molecule has 0 radical (unpaired) electrons. The molecule has 23 heavy (non-hydrogen) atoms. The summed E-state index contributed by atoms with van der Waals surface area (Å²) in [5, 5.41) is 0. The van der Waals surface area contributed by atoms with Gasteiger partial charge in [-0.05, 0) is 30.2 Å². The molecule has 2 N–H and O–H groups in total. The Morgan fingerprint density at radius 3 is 1.74 bits per heavy atom. The van der Waals surface area contributed by atoms with E-state index >= 15 is 0 Å². The highest BCUT2D eigenvalue weighted by Crippen LogP contribution is 2.04. The zero-order chi connectivity index (χ0) is 16.5. The van der Waals surface area contributed by atoms with E-state index in [9.17, 15) is 9.59 Å². The first-order valence-electron chi connectivity index (χ1n) is 7.21. The van der Waals surface area contributed by atoms with E-state index in [1.54, 1.807) is 12.2 Å². The molecule has 2 amide bonds. The largest absolute Gasteiger partial charge is 0.268 e. The van der Waals surface area contributed by atoms with Crippen LogP contribution in [-0.4, -0.2) is 11.8 Å². The van der Waals surface area contributed by atoms with E-state index in [4.69, 9.17) is 0 Å². The number of hydrogen-bond donors (Lipinski definition) is 2. The Hall–Kier alpha value is -3.14. The van der Waals surface area contributed by atoms with Crippen LogP contribution in [-0.2, 0) is 9.59 Å². The Balaban J connectivity index is 1.78. The first kappa shape index (κ1) is 16.2. The van der Waals surface area contributed by atoms with Crippen molar-refractivity contribution in [2.45, 2.75) is 6.92 Å². The van der Waals surface area contributed by atoms with Gasteiger partial charge in [0.25, 0.3) is 11.8 Å². The van der Waals surface area contributed by atoms with Gasteiger partial charge in [0.2, 0.25) is 0 Å². The van der Waals surface area contributed by atoms with Crippen molar-refractivity contribution in [1.82, 2.24) is 10.9 Å². The molecule has 0 aromatic heterocycles. The van der Waals surface area contributed by atoms with E-state index in [2.05, 4.69) is 10.9 Å². The average molecular weight is 306 g/mol. The molecule has 0 atom stereocenters. The van der Waals surface area contributed by atoms with Crippen molar-refractivity contribution in [2.75, 3.05) is 0 Å². The van der Waals surface area contributed by atoms with Gasteiger partial charge in [0.05, 0.1) is 0 Å². The van der Waals surface area contributed by atoms with Gasteiger partial charge in [-0.15, -0.1) is 0 Å². The summed E-state index contributed by atoms with van der Waals surface area (Å²) in [6.07, 6.45) is 6.08. The molecule has 4 heteroatoms. The second-order valence-electron chi connectivity index (χ2n) is 4.97. The van der Waals surface area contributed by atoms with Crippen molar-refractivity contribution in [2.24, 2.45) is 0 Å². The summed E-state index contributed by atoms with van der Waals surface area (Å²) in [7, 11) is 0. The second-order valence-corrected chi connectivity index (χ2v) is 4.97. The number of carbonyl (C=O) groups excluding carboxylic acids is 2. The van der Waals surface area contributed by atoms with E-state index in [1.807, 2.05) is 61.5 Å². The molecule has 116 valence electrons. The molecule has 0 bridgehead atoms. The third kappa shape index (κ3) is 6.01. The van der Waals surface area contributed by atoms with Gasteiger partial charge in [0.15, 0.2) is 0 Å². The van der Waals surface area contributed by atoms with Gasteiger partial charge < -0.3 is 0 Å². The van der Waals surface area contributed by atoms with E-state index in [0.29, 0.717) is 0 Å². The third-order valence-corrected chi connectivity index (χ3v) is 3.04. The predicted octanol–water partition coefficient (Wildman–Crippen LogP) is 2.87. The molecule has 0 spiro atoms. The van der Waals surface area contributed by atoms with Crippen LogP contribution in [0, 0.1) is 6.92 Å². The smallest absolute Gasteiger partial charge is 0.262 e. The summed E-state index contributed by atoms with van der Waals surface area (Å²) in [4.78, 5) is 23.2. The minimum atomic E-state index is -0.397. The summed E-state index contributed by atoms with van der Waals surface area (Å²) in [5.41, 5.74) is 7.63. The molecule has 0 heterocycles. The molecule has 0 unspecified atom stereocenters. The SMILES string of the molecule is Cc1ccc(/C=C/C(=O)NNC(=O)/C=C/c2ccccc2)cc1. The first-order chi connectivity index (χ1) is 11.1. The van der Waals surface area contributed by atoms with Crippen LogP contribution in [0.4, 0.5) is 0 Å². The molecule has 0 aliphatic carbocycles. The Morgan fingerprint density at radius 1 is 0.739 bits per heavy atom. The van der Waals surface area contributed by atoms with Crippen molar-refractivity contribution < 1.29 is 9.59 Å². The van der Waals surface area contributed by atoms with Crippen LogP contribution in [0.5, 0.6) is 0 Å². The lowest BCUT2D eigenvalue weighted by molar-refractivity contribution is -0.123. The monoisotopic (exact) mass is 306 g/mol. The maximum atomic E-state index is 11.6. The Kier molecular flexibility index (Phi) is 5.89. The van der Waals surface area contributed by atoms with Crippen molar-refractivity contribution in [1.29, 1.82) is 0 Å². The topological polar surface area (TPSA) is 58.2 Å². The van der Waals surface area contributed by atoms with E-state index in [-0.39, 0.29) is 0 Å². The van der Waals surface area contributed by atoms with Crippen molar-refractivity contribution in [3.8, 4) is 0 Å². The fraction of sp³-hybridized carbons (Fsp3) is 0.0526. The standard InChI is InChI=1S/C19H18N2O2/c1-15-7-9-17(10-8-15)12-14-19(23)21-20-18(22)13-11-16-5-3-2-4-6-16/h2-14H,1H3,(H,20,22)(H,21,23)/b13-11+,14-12+. The molecule has 4 nitrogen and oxygen atoms in total. The minimum absolute atomic E-state index is 0.396. The van der Waals surface area contributed by atoms with E-state index in [1.165, 1.54) is 12.2 Å². The molecule has 2 rings (SSSR count). The number of hydrazine groups is 1. The summed E-state index contributed by atoms with van der Waals surface area (Å²) >= 11 is 0. The number of benzene rings is 2. The second kappa shape index (κ2) is 8.34. The number of nitrogens with one attached hydrogen (secondary N) is 2. The van der Waals surface area contributed by atoms with Gasteiger partial charge in [-0.1, -0.05) is 60.2 Å². The number of carbonyl (C=O) groups is 2. The van der Waals surface area contributed by atoms with Crippen molar-refractivity contribution in [3.05, 3.63) is 83.4 Å². The molecule has 0 fully saturated rings. The van der Waals surface area contributed by atoms with Crippen LogP contribution in [0.2, 0.25) is 0 Å². The van der Waals surface area contributed by atoms with Crippen molar-refractivity contribution >= 4 is 24.0 Å². The maximum Gasteiger partial charge on any atom is 0.262 e. The van der Waals surface area contributed by atoms with Gasteiger partial charge in [0, 0.05) is 12.2 Å². The van der Waals surface area contributed by atoms with Gasteiger partial charge in [-0.2, -0.15) is 0 Å². The zero-order valence-corrected chi connectivity index (χ0v) is 12.8. The maximum absolute atomic E-state index is 11.6. The van der Waals surface area contributed by atoms with E-state index < -0.39 is 11.8 Å². The fourth-order valence-corrected chi connectivity index (χ4v) is 1.79. The highest BCUT2D eigenvalue weighted by Gasteiger charge is 1.98. The zero-order valence-electron chi connectivity index (χ0n) is 12.8. The highest BCUT2D eigenvalue weighted by atomic mass is 16.2. The average Bonchev–Trinajstić information content (AvgIpc) is 2.58. The van der Waals surface area contributed by atoms with Crippen LogP contribution < -0.4 is 10.9 Å². The molecule has 0 saturated carbocycles. The van der Waals surface area contributed by atoms with Gasteiger partial charge in [-0.3, -0.25) is 20.4 Å². The number of rotatable bonds is 4. The third-order valence-electron chi connectivity index (χ3n) is 3.04. The molecule has 0 saturated heterocycles. The molecular formula is C19H18N2O2. The summed E-state index contributed by atoms with van der Waals surface area (Å²) < 4.78 is 0. The van der Waals surface area contributed by atoms with Crippen LogP contribution in [0.3, 0.4) is 0 Å². The normalized spacial score (nSPS) is 10.8.